The van der Waals surface area contributed by atoms with Gasteiger partial charge in [0.25, 0.3) is 0 Å². The van der Waals surface area contributed by atoms with Crippen molar-refractivity contribution in [2.45, 2.75) is 39.5 Å². The topological polar surface area (TPSA) is 92.8 Å². The van der Waals surface area contributed by atoms with Crippen molar-refractivity contribution in [1.82, 2.24) is 10.3 Å². The van der Waals surface area contributed by atoms with Gasteiger partial charge >= 0.3 is 12.0 Å². The molecule has 2 unspecified atom stereocenters. The zero-order valence-electron chi connectivity index (χ0n) is 17.6. The van der Waals surface area contributed by atoms with Crippen LogP contribution in [0.5, 0.6) is 0 Å². The first-order valence-corrected chi connectivity index (χ1v) is 10.1. The molecule has 1 aliphatic heterocycles. The first-order valence-electron chi connectivity index (χ1n) is 10.1. The molecule has 0 radical (unpaired) electrons. The molecule has 2 amide bonds. The van der Waals surface area contributed by atoms with Gasteiger partial charge in [-0.05, 0) is 56.7 Å². The second kappa shape index (κ2) is 10.1. The van der Waals surface area contributed by atoms with Crippen LogP contribution in [-0.4, -0.2) is 48.9 Å². The number of amides is 2. The molecule has 0 aliphatic carbocycles. The summed E-state index contributed by atoms with van der Waals surface area (Å²) in [5.74, 6) is 0.525. The summed E-state index contributed by atoms with van der Waals surface area (Å²) in [6.45, 7) is 8.18. The Morgan fingerprint density at radius 2 is 1.83 bits per heavy atom. The SMILES string of the molecule is CCOC(=O)c1ccc(NC(=O)NCc2ccc(N3CC(C)OC(C)C3)nc2)cc1. The summed E-state index contributed by atoms with van der Waals surface area (Å²) in [6.07, 6.45) is 2.12. The summed E-state index contributed by atoms with van der Waals surface area (Å²) in [5.41, 5.74) is 1.93. The number of esters is 1. The quantitative estimate of drug-likeness (QED) is 0.708. The minimum atomic E-state index is -0.384. The third kappa shape index (κ3) is 5.93. The molecular weight excluding hydrogens is 384 g/mol. The van der Waals surface area contributed by atoms with Crippen LogP contribution in [0.4, 0.5) is 16.3 Å². The summed E-state index contributed by atoms with van der Waals surface area (Å²) >= 11 is 0. The summed E-state index contributed by atoms with van der Waals surface area (Å²) in [5, 5.41) is 5.54. The monoisotopic (exact) mass is 412 g/mol. The van der Waals surface area contributed by atoms with Crippen molar-refractivity contribution in [2.75, 3.05) is 29.9 Å². The van der Waals surface area contributed by atoms with Crippen LogP contribution >= 0.6 is 0 Å². The van der Waals surface area contributed by atoms with Crippen molar-refractivity contribution in [2.24, 2.45) is 0 Å². The molecule has 2 N–H and O–H groups in total. The predicted molar refractivity (Wildman–Crippen MR) is 115 cm³/mol. The summed E-state index contributed by atoms with van der Waals surface area (Å²) in [6, 6.07) is 10.1. The standard InChI is InChI=1S/C22H28N4O4/c1-4-29-21(27)18-6-8-19(9-7-18)25-22(28)24-12-17-5-10-20(23-11-17)26-13-15(2)30-16(3)14-26/h5-11,15-16H,4,12-14H2,1-3H3,(H2,24,25,28). The number of ether oxygens (including phenoxy) is 2. The van der Waals surface area contributed by atoms with E-state index in [1.165, 1.54) is 0 Å². The van der Waals surface area contributed by atoms with Crippen LogP contribution in [0.3, 0.4) is 0 Å². The van der Waals surface area contributed by atoms with Gasteiger partial charge in [-0.1, -0.05) is 6.07 Å². The Morgan fingerprint density at radius 3 is 2.43 bits per heavy atom. The number of aromatic nitrogens is 1. The average molecular weight is 412 g/mol. The lowest BCUT2D eigenvalue weighted by molar-refractivity contribution is -0.00546. The van der Waals surface area contributed by atoms with E-state index in [2.05, 4.69) is 34.4 Å². The molecule has 160 valence electrons. The van der Waals surface area contributed by atoms with Gasteiger partial charge in [-0.15, -0.1) is 0 Å². The molecule has 30 heavy (non-hydrogen) atoms. The van der Waals surface area contributed by atoms with Crippen molar-refractivity contribution >= 4 is 23.5 Å². The predicted octanol–water partition coefficient (Wildman–Crippen LogP) is 3.19. The first kappa shape index (κ1) is 21.6. The number of carbonyl (C=O) groups is 2. The van der Waals surface area contributed by atoms with Gasteiger partial charge in [0.15, 0.2) is 0 Å². The normalized spacial score (nSPS) is 18.6. The molecule has 1 fully saturated rings. The number of nitrogens with one attached hydrogen (secondary N) is 2. The molecule has 1 saturated heterocycles. The molecule has 0 bridgehead atoms. The maximum absolute atomic E-state index is 12.1. The van der Waals surface area contributed by atoms with Crippen LogP contribution in [0.2, 0.25) is 0 Å². The first-order chi connectivity index (χ1) is 14.4. The second-order valence-corrected chi connectivity index (χ2v) is 7.29. The molecule has 2 aromatic rings. The Labute approximate surface area is 176 Å². The minimum absolute atomic E-state index is 0.173. The molecule has 1 aliphatic rings. The smallest absolute Gasteiger partial charge is 0.338 e. The molecule has 1 aromatic heterocycles. The lowest BCUT2D eigenvalue weighted by Crippen LogP contribution is -2.45. The van der Waals surface area contributed by atoms with Crippen molar-refractivity contribution in [3.63, 3.8) is 0 Å². The Balaban J connectivity index is 1.48. The third-order valence-electron chi connectivity index (χ3n) is 4.66. The highest BCUT2D eigenvalue weighted by Gasteiger charge is 2.22. The van der Waals surface area contributed by atoms with Crippen LogP contribution in [0.25, 0.3) is 0 Å². The van der Waals surface area contributed by atoms with Crippen molar-refractivity contribution in [3.8, 4) is 0 Å². The number of nitrogens with zero attached hydrogens (tertiary/aromatic N) is 2. The van der Waals surface area contributed by atoms with Gasteiger partial charge in [0.05, 0.1) is 24.4 Å². The zero-order valence-corrected chi connectivity index (χ0v) is 17.6. The number of benzene rings is 1. The van der Waals surface area contributed by atoms with E-state index in [1.807, 2.05) is 12.1 Å². The van der Waals surface area contributed by atoms with E-state index in [0.29, 0.717) is 24.4 Å². The van der Waals surface area contributed by atoms with Crippen molar-refractivity contribution in [1.29, 1.82) is 0 Å². The van der Waals surface area contributed by atoms with E-state index in [1.54, 1.807) is 37.4 Å². The number of hydrogen-bond acceptors (Lipinski definition) is 6. The molecule has 3 rings (SSSR count). The van der Waals surface area contributed by atoms with Gasteiger partial charge in [0.1, 0.15) is 5.82 Å². The van der Waals surface area contributed by atoms with Crippen LogP contribution in [-0.2, 0) is 16.0 Å². The Hall–Kier alpha value is -3.13. The van der Waals surface area contributed by atoms with Crippen LogP contribution in [0.1, 0.15) is 36.7 Å². The largest absolute Gasteiger partial charge is 0.462 e. The molecule has 8 nitrogen and oxygen atoms in total. The second-order valence-electron chi connectivity index (χ2n) is 7.29. The highest BCUT2D eigenvalue weighted by molar-refractivity contribution is 5.92. The van der Waals surface area contributed by atoms with Gasteiger partial charge in [-0.2, -0.15) is 0 Å². The van der Waals surface area contributed by atoms with E-state index in [4.69, 9.17) is 9.47 Å². The lowest BCUT2D eigenvalue weighted by atomic mass is 10.2. The van der Waals surface area contributed by atoms with E-state index >= 15 is 0 Å². The highest BCUT2D eigenvalue weighted by atomic mass is 16.5. The van der Waals surface area contributed by atoms with Crippen LogP contribution in [0, 0.1) is 0 Å². The fraction of sp³-hybridized carbons (Fsp3) is 0.409. The fourth-order valence-corrected chi connectivity index (χ4v) is 3.33. The summed E-state index contributed by atoms with van der Waals surface area (Å²) in [7, 11) is 0. The fourth-order valence-electron chi connectivity index (χ4n) is 3.33. The van der Waals surface area contributed by atoms with E-state index in [0.717, 1.165) is 24.5 Å². The number of anilines is 2. The number of carbonyl (C=O) groups excluding carboxylic acids is 2. The number of pyridine rings is 1. The van der Waals surface area contributed by atoms with Gasteiger partial charge in [0, 0.05) is 31.5 Å². The van der Waals surface area contributed by atoms with Gasteiger partial charge in [-0.25, -0.2) is 14.6 Å². The minimum Gasteiger partial charge on any atom is -0.462 e. The molecular formula is C22H28N4O4. The van der Waals surface area contributed by atoms with Crippen LogP contribution in [0.15, 0.2) is 42.6 Å². The summed E-state index contributed by atoms with van der Waals surface area (Å²) in [4.78, 5) is 30.5. The van der Waals surface area contributed by atoms with Gasteiger partial charge in [-0.3, -0.25) is 0 Å². The zero-order chi connectivity index (χ0) is 21.5. The van der Waals surface area contributed by atoms with Gasteiger partial charge in [0.2, 0.25) is 0 Å². The number of urea groups is 1. The highest BCUT2D eigenvalue weighted by Crippen LogP contribution is 2.18. The summed E-state index contributed by atoms with van der Waals surface area (Å²) < 4.78 is 10.7. The van der Waals surface area contributed by atoms with Crippen LogP contribution < -0.4 is 15.5 Å². The molecule has 0 spiro atoms. The van der Waals surface area contributed by atoms with E-state index in [-0.39, 0.29) is 24.2 Å². The Morgan fingerprint density at radius 1 is 1.13 bits per heavy atom. The van der Waals surface area contributed by atoms with Gasteiger partial charge < -0.3 is 25.0 Å². The van der Waals surface area contributed by atoms with Crippen molar-refractivity contribution in [3.05, 3.63) is 53.7 Å². The third-order valence-corrected chi connectivity index (χ3v) is 4.66. The lowest BCUT2D eigenvalue weighted by Gasteiger charge is -2.36. The number of morpholine rings is 1. The average Bonchev–Trinajstić information content (AvgIpc) is 2.72. The maximum atomic E-state index is 12.1. The number of rotatable bonds is 6. The van der Waals surface area contributed by atoms with E-state index in [9.17, 15) is 9.59 Å². The Bertz CT molecular complexity index is 844. The Kier molecular flexibility index (Phi) is 7.24. The molecule has 1 aromatic carbocycles. The van der Waals surface area contributed by atoms with E-state index < -0.39 is 0 Å². The molecule has 2 atom stereocenters. The van der Waals surface area contributed by atoms with Crippen molar-refractivity contribution < 1.29 is 19.1 Å². The molecule has 8 heteroatoms. The maximum Gasteiger partial charge on any atom is 0.338 e. The molecule has 2 heterocycles. The number of hydrogen-bond donors (Lipinski definition) is 2. The molecule has 0 saturated carbocycles.